The minimum atomic E-state index is -0.941. The van der Waals surface area contributed by atoms with Gasteiger partial charge in [0.25, 0.3) is 0 Å². The van der Waals surface area contributed by atoms with Crippen LogP contribution in [0.4, 0.5) is 0 Å². The van der Waals surface area contributed by atoms with E-state index in [4.69, 9.17) is 5.11 Å². The van der Waals surface area contributed by atoms with Crippen molar-refractivity contribution in [2.75, 3.05) is 0 Å². The highest BCUT2D eigenvalue weighted by Crippen LogP contribution is 2.14. The van der Waals surface area contributed by atoms with Gasteiger partial charge in [-0.25, -0.2) is 4.79 Å². The Labute approximate surface area is 126 Å². The fourth-order valence-corrected chi connectivity index (χ4v) is 1.92. The standard InChI is InChI=1S/C17H13BrO2/c18-16-10-7-15(8-11-16)6-3-13-1-4-14(5-2-13)9-12-17(19)20/h1-12H,(H,19,20). The third kappa shape index (κ3) is 4.52. The first-order valence-corrected chi connectivity index (χ1v) is 6.87. The molecule has 0 saturated heterocycles. The smallest absolute Gasteiger partial charge is 0.328 e. The van der Waals surface area contributed by atoms with Crippen molar-refractivity contribution in [3.05, 3.63) is 75.8 Å². The van der Waals surface area contributed by atoms with Crippen LogP contribution >= 0.6 is 15.9 Å². The van der Waals surface area contributed by atoms with Crippen LogP contribution in [0.5, 0.6) is 0 Å². The Kier molecular flexibility index (Phi) is 4.91. The van der Waals surface area contributed by atoms with Crippen molar-refractivity contribution >= 4 is 40.1 Å². The average molecular weight is 329 g/mol. The van der Waals surface area contributed by atoms with Crippen LogP contribution in [0.1, 0.15) is 16.7 Å². The Morgan fingerprint density at radius 1 is 0.800 bits per heavy atom. The molecule has 0 aromatic heterocycles. The molecule has 0 saturated carbocycles. The van der Waals surface area contributed by atoms with E-state index in [-0.39, 0.29) is 0 Å². The lowest BCUT2D eigenvalue weighted by molar-refractivity contribution is -0.131. The lowest BCUT2D eigenvalue weighted by Crippen LogP contribution is -1.85. The maximum Gasteiger partial charge on any atom is 0.328 e. The zero-order chi connectivity index (χ0) is 14.4. The van der Waals surface area contributed by atoms with E-state index in [1.807, 2.05) is 60.7 Å². The van der Waals surface area contributed by atoms with Gasteiger partial charge in [0.1, 0.15) is 0 Å². The monoisotopic (exact) mass is 328 g/mol. The van der Waals surface area contributed by atoms with Crippen LogP contribution in [0.3, 0.4) is 0 Å². The normalized spacial score (nSPS) is 11.2. The molecule has 20 heavy (non-hydrogen) atoms. The number of halogens is 1. The molecule has 100 valence electrons. The van der Waals surface area contributed by atoms with E-state index in [1.165, 1.54) is 0 Å². The summed E-state index contributed by atoms with van der Waals surface area (Å²) in [5, 5.41) is 8.56. The van der Waals surface area contributed by atoms with Crippen molar-refractivity contribution in [1.29, 1.82) is 0 Å². The number of carboxylic acids is 1. The third-order valence-electron chi connectivity index (χ3n) is 2.69. The second-order valence-electron chi connectivity index (χ2n) is 4.22. The molecule has 0 spiro atoms. The summed E-state index contributed by atoms with van der Waals surface area (Å²) >= 11 is 3.40. The van der Waals surface area contributed by atoms with Gasteiger partial charge in [0, 0.05) is 10.5 Å². The van der Waals surface area contributed by atoms with Crippen LogP contribution in [0.15, 0.2) is 59.1 Å². The summed E-state index contributed by atoms with van der Waals surface area (Å²) in [6.45, 7) is 0. The van der Waals surface area contributed by atoms with Gasteiger partial charge in [0.2, 0.25) is 0 Å². The first-order valence-electron chi connectivity index (χ1n) is 6.08. The minimum Gasteiger partial charge on any atom is -0.478 e. The van der Waals surface area contributed by atoms with Crippen LogP contribution in [0, 0.1) is 0 Å². The second-order valence-corrected chi connectivity index (χ2v) is 5.14. The van der Waals surface area contributed by atoms with Crippen LogP contribution < -0.4 is 0 Å². The Bertz CT molecular complexity index is 638. The molecular formula is C17H13BrO2. The van der Waals surface area contributed by atoms with Gasteiger partial charge >= 0.3 is 5.97 Å². The topological polar surface area (TPSA) is 37.3 Å². The van der Waals surface area contributed by atoms with Crippen molar-refractivity contribution in [1.82, 2.24) is 0 Å². The summed E-state index contributed by atoms with van der Waals surface area (Å²) < 4.78 is 1.06. The zero-order valence-electron chi connectivity index (χ0n) is 10.7. The lowest BCUT2D eigenvalue weighted by atomic mass is 10.1. The van der Waals surface area contributed by atoms with Gasteiger partial charge in [-0.3, -0.25) is 0 Å². The van der Waals surface area contributed by atoms with E-state index < -0.39 is 5.97 Å². The Balaban J connectivity index is 2.07. The maximum atomic E-state index is 10.4. The summed E-state index contributed by atoms with van der Waals surface area (Å²) in [5.41, 5.74) is 3.07. The number of benzene rings is 2. The highest BCUT2D eigenvalue weighted by molar-refractivity contribution is 9.10. The van der Waals surface area contributed by atoms with Gasteiger partial charge in [-0.2, -0.15) is 0 Å². The molecule has 0 aliphatic rings. The summed E-state index contributed by atoms with van der Waals surface area (Å²) in [5.74, 6) is -0.941. The lowest BCUT2D eigenvalue weighted by Gasteiger charge is -1.97. The molecule has 2 nitrogen and oxygen atoms in total. The summed E-state index contributed by atoms with van der Waals surface area (Å²) in [7, 11) is 0. The molecular weight excluding hydrogens is 316 g/mol. The number of hydrogen-bond donors (Lipinski definition) is 1. The predicted molar refractivity (Wildman–Crippen MR) is 86.2 cm³/mol. The van der Waals surface area contributed by atoms with Gasteiger partial charge < -0.3 is 5.11 Å². The van der Waals surface area contributed by atoms with Crippen LogP contribution in [0.2, 0.25) is 0 Å². The third-order valence-corrected chi connectivity index (χ3v) is 3.22. The number of rotatable bonds is 4. The van der Waals surface area contributed by atoms with E-state index >= 15 is 0 Å². The van der Waals surface area contributed by atoms with Gasteiger partial charge in [0.15, 0.2) is 0 Å². The first-order chi connectivity index (χ1) is 9.63. The number of hydrogen-bond acceptors (Lipinski definition) is 1. The fraction of sp³-hybridized carbons (Fsp3) is 0. The van der Waals surface area contributed by atoms with Crippen molar-refractivity contribution in [3.63, 3.8) is 0 Å². The van der Waals surface area contributed by atoms with E-state index in [0.717, 1.165) is 27.2 Å². The SMILES string of the molecule is O=C(O)C=Cc1ccc(C=Cc2ccc(Br)cc2)cc1. The maximum absolute atomic E-state index is 10.4. The molecule has 0 bridgehead atoms. The molecule has 0 heterocycles. The summed E-state index contributed by atoms with van der Waals surface area (Å²) in [4.78, 5) is 10.4. The van der Waals surface area contributed by atoms with Gasteiger partial charge in [-0.05, 0) is 34.9 Å². The van der Waals surface area contributed by atoms with Gasteiger partial charge in [-0.1, -0.05) is 64.5 Å². The van der Waals surface area contributed by atoms with Crippen LogP contribution in [-0.4, -0.2) is 11.1 Å². The molecule has 0 aliphatic heterocycles. The predicted octanol–water partition coefficient (Wildman–Crippen LogP) is 4.72. The second kappa shape index (κ2) is 6.87. The molecule has 0 atom stereocenters. The molecule has 3 heteroatoms. The van der Waals surface area contributed by atoms with Crippen molar-refractivity contribution in [3.8, 4) is 0 Å². The van der Waals surface area contributed by atoms with Crippen LogP contribution in [0.25, 0.3) is 18.2 Å². The number of carboxylic acid groups (broad SMARTS) is 1. The van der Waals surface area contributed by atoms with Gasteiger partial charge in [0.05, 0.1) is 0 Å². The van der Waals surface area contributed by atoms with Gasteiger partial charge in [-0.15, -0.1) is 0 Å². The summed E-state index contributed by atoms with van der Waals surface area (Å²) in [6, 6.07) is 15.8. The molecule has 0 aliphatic carbocycles. The Morgan fingerprint density at radius 2 is 1.20 bits per heavy atom. The molecule has 1 N–H and O–H groups in total. The first kappa shape index (κ1) is 14.3. The molecule has 2 aromatic carbocycles. The van der Waals surface area contributed by atoms with Crippen molar-refractivity contribution in [2.24, 2.45) is 0 Å². The van der Waals surface area contributed by atoms with Crippen molar-refractivity contribution < 1.29 is 9.90 Å². The number of carbonyl (C=O) groups is 1. The van der Waals surface area contributed by atoms with Crippen molar-refractivity contribution in [2.45, 2.75) is 0 Å². The van der Waals surface area contributed by atoms with E-state index in [0.29, 0.717) is 0 Å². The molecule has 0 radical (unpaired) electrons. The largest absolute Gasteiger partial charge is 0.478 e. The highest BCUT2D eigenvalue weighted by Gasteiger charge is 1.91. The van der Waals surface area contributed by atoms with E-state index in [9.17, 15) is 4.79 Å². The minimum absolute atomic E-state index is 0.869. The molecule has 0 amide bonds. The molecule has 0 fully saturated rings. The molecule has 2 aromatic rings. The quantitative estimate of drug-likeness (QED) is 0.651. The number of aliphatic carboxylic acids is 1. The average Bonchev–Trinajstić information content (AvgIpc) is 2.45. The zero-order valence-corrected chi connectivity index (χ0v) is 12.2. The Morgan fingerprint density at radius 3 is 1.65 bits per heavy atom. The van der Waals surface area contributed by atoms with Crippen LogP contribution in [-0.2, 0) is 4.79 Å². The molecule has 0 unspecified atom stereocenters. The summed E-state index contributed by atoms with van der Waals surface area (Å²) in [6.07, 6.45) is 6.76. The van der Waals surface area contributed by atoms with E-state index in [2.05, 4.69) is 15.9 Å². The highest BCUT2D eigenvalue weighted by atomic mass is 79.9. The molecule has 2 rings (SSSR count). The Hall–Kier alpha value is -2.13. The fourth-order valence-electron chi connectivity index (χ4n) is 1.65. The van der Waals surface area contributed by atoms with E-state index in [1.54, 1.807) is 6.08 Å².